The average Bonchev–Trinajstić information content (AvgIpc) is 3.01. The first-order valence-electron chi connectivity index (χ1n) is 7.11. The van der Waals surface area contributed by atoms with E-state index < -0.39 is 10.2 Å². The fourth-order valence-corrected chi connectivity index (χ4v) is 5.98. The molecule has 3 aliphatic rings. The highest BCUT2D eigenvalue weighted by Crippen LogP contribution is 2.40. The molecule has 0 spiro atoms. The van der Waals surface area contributed by atoms with Gasteiger partial charge in [-0.05, 0) is 38.0 Å². The van der Waals surface area contributed by atoms with Crippen LogP contribution in [0.5, 0.6) is 0 Å². The third-order valence-electron chi connectivity index (χ3n) is 4.80. The van der Waals surface area contributed by atoms with E-state index in [0.29, 0.717) is 19.0 Å². The van der Waals surface area contributed by atoms with Crippen molar-refractivity contribution in [2.24, 2.45) is 11.7 Å². The standard InChI is InChI=1S/C12H23N3O2S/c13-8-12-3-1-2-6-14(12)18(16,17)15-9-10-4-5-11(15)7-10/h10-12H,1-9,13H2. The van der Waals surface area contributed by atoms with Crippen LogP contribution in [0.15, 0.2) is 0 Å². The van der Waals surface area contributed by atoms with Gasteiger partial charge in [-0.15, -0.1) is 0 Å². The summed E-state index contributed by atoms with van der Waals surface area (Å²) in [5.41, 5.74) is 5.74. The highest BCUT2D eigenvalue weighted by molar-refractivity contribution is 7.86. The second kappa shape index (κ2) is 4.74. The summed E-state index contributed by atoms with van der Waals surface area (Å²) in [6.07, 6.45) is 6.30. The molecule has 0 aromatic heterocycles. The molecule has 2 aliphatic heterocycles. The number of piperidine rings is 2. The first-order chi connectivity index (χ1) is 8.63. The summed E-state index contributed by atoms with van der Waals surface area (Å²) in [7, 11) is -3.27. The maximum Gasteiger partial charge on any atom is 0.282 e. The van der Waals surface area contributed by atoms with E-state index in [4.69, 9.17) is 5.73 Å². The third kappa shape index (κ3) is 1.99. The van der Waals surface area contributed by atoms with E-state index in [2.05, 4.69) is 0 Å². The number of hydrogen-bond donors (Lipinski definition) is 1. The summed E-state index contributed by atoms with van der Waals surface area (Å²) in [5.74, 6) is 0.603. The summed E-state index contributed by atoms with van der Waals surface area (Å²) < 4.78 is 28.9. The van der Waals surface area contributed by atoms with Crippen molar-refractivity contribution < 1.29 is 8.42 Å². The molecule has 6 heteroatoms. The summed E-state index contributed by atoms with van der Waals surface area (Å²) in [5, 5.41) is 0. The van der Waals surface area contributed by atoms with Crippen LogP contribution in [0.2, 0.25) is 0 Å². The first-order valence-corrected chi connectivity index (χ1v) is 8.51. The van der Waals surface area contributed by atoms with Gasteiger partial charge in [0.2, 0.25) is 0 Å². The zero-order valence-electron chi connectivity index (χ0n) is 10.8. The monoisotopic (exact) mass is 273 g/mol. The molecule has 3 unspecified atom stereocenters. The van der Waals surface area contributed by atoms with Crippen molar-refractivity contribution >= 4 is 10.2 Å². The second-order valence-electron chi connectivity index (χ2n) is 5.91. The Morgan fingerprint density at radius 3 is 2.56 bits per heavy atom. The van der Waals surface area contributed by atoms with Crippen LogP contribution in [0, 0.1) is 5.92 Å². The van der Waals surface area contributed by atoms with Crippen LogP contribution >= 0.6 is 0 Å². The zero-order chi connectivity index (χ0) is 12.8. The van der Waals surface area contributed by atoms with Gasteiger partial charge in [-0.3, -0.25) is 0 Å². The molecule has 3 atom stereocenters. The Labute approximate surface area is 109 Å². The minimum absolute atomic E-state index is 0.0166. The zero-order valence-corrected chi connectivity index (χ0v) is 11.6. The Hall–Kier alpha value is -0.170. The second-order valence-corrected chi connectivity index (χ2v) is 7.74. The molecule has 2 bridgehead atoms. The van der Waals surface area contributed by atoms with Crippen LogP contribution < -0.4 is 5.73 Å². The van der Waals surface area contributed by atoms with Gasteiger partial charge >= 0.3 is 0 Å². The van der Waals surface area contributed by atoms with Crippen LogP contribution in [0.4, 0.5) is 0 Å². The summed E-state index contributed by atoms with van der Waals surface area (Å²) in [4.78, 5) is 0. The van der Waals surface area contributed by atoms with Gasteiger partial charge < -0.3 is 5.73 Å². The van der Waals surface area contributed by atoms with Gasteiger partial charge in [-0.1, -0.05) is 6.42 Å². The molecule has 0 aromatic carbocycles. The van der Waals surface area contributed by atoms with Crippen molar-refractivity contribution in [2.75, 3.05) is 19.6 Å². The van der Waals surface area contributed by atoms with Crippen LogP contribution in [0.25, 0.3) is 0 Å². The van der Waals surface area contributed by atoms with E-state index in [-0.39, 0.29) is 12.1 Å². The normalized spacial score (nSPS) is 38.4. The first kappa shape index (κ1) is 12.8. The van der Waals surface area contributed by atoms with E-state index in [1.807, 2.05) is 0 Å². The van der Waals surface area contributed by atoms with Crippen LogP contribution in [0.1, 0.15) is 38.5 Å². The number of nitrogens with two attached hydrogens (primary N) is 1. The van der Waals surface area contributed by atoms with Crippen molar-refractivity contribution in [3.05, 3.63) is 0 Å². The Balaban J connectivity index is 1.80. The molecular weight excluding hydrogens is 250 g/mol. The molecule has 3 rings (SSSR count). The van der Waals surface area contributed by atoms with E-state index in [1.165, 1.54) is 6.42 Å². The lowest BCUT2D eigenvalue weighted by Crippen LogP contribution is -2.54. The number of fused-ring (bicyclic) bond motifs is 2. The minimum Gasteiger partial charge on any atom is -0.329 e. The topological polar surface area (TPSA) is 66.6 Å². The molecule has 0 aromatic rings. The number of rotatable bonds is 3. The Kier molecular flexibility index (Phi) is 3.38. The Bertz CT molecular complexity index is 412. The lowest BCUT2D eigenvalue weighted by Gasteiger charge is -2.38. The molecule has 2 N–H and O–H groups in total. The third-order valence-corrected chi connectivity index (χ3v) is 6.91. The summed E-state index contributed by atoms with van der Waals surface area (Å²) >= 11 is 0. The Morgan fingerprint density at radius 2 is 1.94 bits per heavy atom. The van der Waals surface area contributed by atoms with Crippen LogP contribution in [-0.2, 0) is 10.2 Å². The SMILES string of the molecule is NCC1CCCCN1S(=O)(=O)N1CC2CCC1C2. The molecule has 104 valence electrons. The fraction of sp³-hybridized carbons (Fsp3) is 1.00. The van der Waals surface area contributed by atoms with Gasteiger partial charge in [-0.25, -0.2) is 0 Å². The van der Waals surface area contributed by atoms with Gasteiger partial charge in [0.25, 0.3) is 10.2 Å². The minimum atomic E-state index is -3.27. The number of hydrogen-bond acceptors (Lipinski definition) is 3. The maximum atomic E-state index is 12.7. The predicted octanol–water partition coefficient (Wildman–Crippen LogP) is 0.529. The van der Waals surface area contributed by atoms with Crippen molar-refractivity contribution in [3.63, 3.8) is 0 Å². The molecule has 1 saturated carbocycles. The molecular formula is C12H23N3O2S. The van der Waals surface area contributed by atoms with E-state index >= 15 is 0 Å². The van der Waals surface area contributed by atoms with Gasteiger partial charge in [0.15, 0.2) is 0 Å². The highest BCUT2D eigenvalue weighted by atomic mass is 32.2. The molecule has 2 heterocycles. The van der Waals surface area contributed by atoms with Gasteiger partial charge in [0, 0.05) is 31.7 Å². The smallest absolute Gasteiger partial charge is 0.282 e. The summed E-state index contributed by atoms with van der Waals surface area (Å²) in [6.45, 7) is 1.83. The van der Waals surface area contributed by atoms with Crippen molar-refractivity contribution in [1.82, 2.24) is 8.61 Å². The highest BCUT2D eigenvalue weighted by Gasteiger charge is 2.47. The Morgan fingerprint density at radius 1 is 1.11 bits per heavy atom. The van der Waals surface area contributed by atoms with Crippen LogP contribution in [-0.4, -0.2) is 48.7 Å². The quantitative estimate of drug-likeness (QED) is 0.815. The van der Waals surface area contributed by atoms with E-state index in [9.17, 15) is 8.42 Å². The fourth-order valence-electron chi connectivity index (χ4n) is 3.81. The summed E-state index contributed by atoms with van der Waals surface area (Å²) in [6, 6.07) is 0.281. The molecule has 5 nitrogen and oxygen atoms in total. The van der Waals surface area contributed by atoms with Gasteiger partial charge in [0.1, 0.15) is 0 Å². The lowest BCUT2D eigenvalue weighted by molar-refractivity contribution is 0.224. The van der Waals surface area contributed by atoms with E-state index in [0.717, 1.165) is 38.6 Å². The largest absolute Gasteiger partial charge is 0.329 e. The van der Waals surface area contributed by atoms with Gasteiger partial charge in [-0.2, -0.15) is 17.0 Å². The maximum absolute atomic E-state index is 12.7. The predicted molar refractivity (Wildman–Crippen MR) is 70.2 cm³/mol. The van der Waals surface area contributed by atoms with Crippen molar-refractivity contribution in [2.45, 2.75) is 50.6 Å². The molecule has 0 radical (unpaired) electrons. The molecule has 0 amide bonds. The molecule has 2 saturated heterocycles. The molecule has 18 heavy (non-hydrogen) atoms. The van der Waals surface area contributed by atoms with Crippen molar-refractivity contribution in [1.29, 1.82) is 0 Å². The lowest BCUT2D eigenvalue weighted by atomic mass is 10.1. The van der Waals surface area contributed by atoms with Gasteiger partial charge in [0.05, 0.1) is 0 Å². The molecule has 1 aliphatic carbocycles. The van der Waals surface area contributed by atoms with Crippen LogP contribution in [0.3, 0.4) is 0 Å². The van der Waals surface area contributed by atoms with E-state index in [1.54, 1.807) is 8.61 Å². The molecule has 3 fully saturated rings. The van der Waals surface area contributed by atoms with Crippen molar-refractivity contribution in [3.8, 4) is 0 Å². The number of nitrogens with zero attached hydrogens (tertiary/aromatic N) is 2. The average molecular weight is 273 g/mol.